The average Bonchev–Trinajstić information content (AvgIpc) is 3.41. The minimum Gasteiger partial charge on any atom is -0.312 e. The Hall–Kier alpha value is -2.88. The summed E-state index contributed by atoms with van der Waals surface area (Å²) < 4.78 is 0. The fourth-order valence-electron chi connectivity index (χ4n) is 3.06. The Morgan fingerprint density at radius 2 is 2.00 bits per heavy atom. The van der Waals surface area contributed by atoms with E-state index in [0.717, 1.165) is 28.9 Å². The van der Waals surface area contributed by atoms with Gasteiger partial charge in [0.05, 0.1) is 12.5 Å². The molecule has 1 aliphatic heterocycles. The Morgan fingerprint density at radius 1 is 1.27 bits per heavy atom. The van der Waals surface area contributed by atoms with Crippen LogP contribution in [0.15, 0.2) is 18.2 Å². The maximum atomic E-state index is 12.8. The van der Waals surface area contributed by atoms with Crippen LogP contribution in [-0.2, 0) is 9.59 Å². The molecule has 0 spiro atoms. The van der Waals surface area contributed by atoms with Crippen molar-refractivity contribution in [1.82, 2.24) is 9.80 Å². The molecular weight excluding hydrogens is 332 g/mol. The van der Waals surface area contributed by atoms with E-state index >= 15 is 0 Å². The Kier molecular flexibility index (Phi) is 4.94. The maximum Gasteiger partial charge on any atom is 0.327 e. The number of carbonyl (C=O) groups excluding carboxylic acids is 3. The Balaban J connectivity index is 1.77. The van der Waals surface area contributed by atoms with Crippen LogP contribution in [-0.4, -0.2) is 53.3 Å². The zero-order valence-corrected chi connectivity index (χ0v) is 15.1. The molecule has 0 N–H and O–H groups in total. The third-order valence-corrected chi connectivity index (χ3v) is 4.91. The SMILES string of the molecule is Cc1ccc(N(CCC#N)C(=O)CN2C(=O)CN(C3CC3)C2=O)cc1C. The highest BCUT2D eigenvalue weighted by atomic mass is 16.2. The van der Waals surface area contributed by atoms with E-state index in [1.165, 1.54) is 4.90 Å². The lowest BCUT2D eigenvalue weighted by molar-refractivity contribution is -0.129. The average molecular weight is 354 g/mol. The van der Waals surface area contributed by atoms with Gasteiger partial charge >= 0.3 is 6.03 Å². The normalized spacial score (nSPS) is 16.8. The number of hydrogen-bond acceptors (Lipinski definition) is 4. The van der Waals surface area contributed by atoms with E-state index in [1.54, 1.807) is 4.90 Å². The summed E-state index contributed by atoms with van der Waals surface area (Å²) in [5.41, 5.74) is 2.81. The minimum absolute atomic E-state index is 0.0542. The molecular formula is C19H22N4O3. The van der Waals surface area contributed by atoms with Gasteiger partial charge in [0.15, 0.2) is 0 Å². The number of urea groups is 1. The molecule has 2 fully saturated rings. The van der Waals surface area contributed by atoms with Gasteiger partial charge in [-0.1, -0.05) is 6.07 Å². The van der Waals surface area contributed by atoms with Crippen molar-refractivity contribution in [3.63, 3.8) is 0 Å². The number of nitrogens with zero attached hydrogens (tertiary/aromatic N) is 4. The van der Waals surface area contributed by atoms with E-state index < -0.39 is 0 Å². The van der Waals surface area contributed by atoms with Crippen molar-refractivity contribution in [2.75, 3.05) is 24.5 Å². The molecule has 7 nitrogen and oxygen atoms in total. The van der Waals surface area contributed by atoms with Gasteiger partial charge in [-0.3, -0.25) is 14.5 Å². The predicted molar refractivity (Wildman–Crippen MR) is 95.3 cm³/mol. The molecule has 1 saturated heterocycles. The molecule has 1 aliphatic carbocycles. The molecule has 1 aromatic carbocycles. The minimum atomic E-state index is -0.383. The third kappa shape index (κ3) is 3.54. The molecule has 7 heteroatoms. The number of carbonyl (C=O) groups is 3. The second-order valence-electron chi connectivity index (χ2n) is 6.84. The van der Waals surface area contributed by atoms with Gasteiger partial charge in [-0.05, 0) is 49.9 Å². The Bertz CT molecular complexity index is 794. The van der Waals surface area contributed by atoms with E-state index in [2.05, 4.69) is 0 Å². The molecule has 136 valence electrons. The van der Waals surface area contributed by atoms with E-state index in [-0.39, 0.29) is 49.9 Å². The molecule has 4 amide bonds. The highest BCUT2D eigenvalue weighted by Crippen LogP contribution is 2.30. The first kappa shape index (κ1) is 17.9. The Morgan fingerprint density at radius 3 is 2.62 bits per heavy atom. The lowest BCUT2D eigenvalue weighted by atomic mass is 10.1. The molecule has 0 atom stereocenters. The number of imide groups is 1. The van der Waals surface area contributed by atoms with E-state index in [0.29, 0.717) is 5.69 Å². The van der Waals surface area contributed by atoms with Crippen LogP contribution < -0.4 is 4.90 Å². The van der Waals surface area contributed by atoms with Crippen LogP contribution in [0.25, 0.3) is 0 Å². The Labute approximate surface area is 152 Å². The standard InChI is InChI=1S/C19H22N4O3/c1-13-4-5-16(10-14(13)2)21(9-3-8-20)17(24)12-23-18(25)11-22(19(23)26)15-6-7-15/h4-5,10,15H,3,6-7,9,11-12H2,1-2H3. The summed E-state index contributed by atoms with van der Waals surface area (Å²) in [4.78, 5) is 41.5. The molecule has 0 unspecified atom stereocenters. The zero-order valence-electron chi connectivity index (χ0n) is 15.1. The van der Waals surface area contributed by atoms with Gasteiger partial charge in [-0.25, -0.2) is 4.79 Å². The summed E-state index contributed by atoms with van der Waals surface area (Å²) in [5.74, 6) is -0.696. The summed E-state index contributed by atoms with van der Waals surface area (Å²) >= 11 is 0. The monoisotopic (exact) mass is 354 g/mol. The number of benzene rings is 1. The smallest absolute Gasteiger partial charge is 0.312 e. The lowest BCUT2D eigenvalue weighted by Crippen LogP contribution is -2.44. The van der Waals surface area contributed by atoms with Crippen molar-refractivity contribution in [3.05, 3.63) is 29.3 Å². The molecule has 0 bridgehead atoms. The molecule has 1 saturated carbocycles. The van der Waals surface area contributed by atoms with Crippen molar-refractivity contribution >= 4 is 23.5 Å². The molecule has 1 aromatic rings. The third-order valence-electron chi connectivity index (χ3n) is 4.91. The van der Waals surface area contributed by atoms with Gasteiger partial charge < -0.3 is 9.80 Å². The predicted octanol–water partition coefficient (Wildman–Crippen LogP) is 1.98. The van der Waals surface area contributed by atoms with Crippen LogP contribution in [0.4, 0.5) is 10.5 Å². The van der Waals surface area contributed by atoms with Gasteiger partial charge in [0.25, 0.3) is 5.91 Å². The molecule has 26 heavy (non-hydrogen) atoms. The quantitative estimate of drug-likeness (QED) is 0.731. The number of nitriles is 1. The van der Waals surface area contributed by atoms with Gasteiger partial charge in [0.1, 0.15) is 13.1 Å². The van der Waals surface area contributed by atoms with Gasteiger partial charge in [-0.15, -0.1) is 0 Å². The fraction of sp³-hybridized carbons (Fsp3) is 0.474. The van der Waals surface area contributed by atoms with E-state index in [9.17, 15) is 14.4 Å². The summed E-state index contributed by atoms with van der Waals surface area (Å²) in [6.45, 7) is 3.92. The summed E-state index contributed by atoms with van der Waals surface area (Å²) in [5, 5.41) is 8.90. The largest absolute Gasteiger partial charge is 0.327 e. The number of aryl methyl sites for hydroxylation is 2. The summed E-state index contributed by atoms with van der Waals surface area (Å²) in [6, 6.07) is 7.42. The van der Waals surface area contributed by atoms with Crippen LogP contribution in [0.2, 0.25) is 0 Å². The molecule has 1 heterocycles. The van der Waals surface area contributed by atoms with Crippen molar-refractivity contribution < 1.29 is 14.4 Å². The molecule has 3 rings (SSSR count). The number of rotatable bonds is 6. The first-order chi connectivity index (χ1) is 12.4. The van der Waals surface area contributed by atoms with E-state index in [1.807, 2.05) is 38.1 Å². The summed E-state index contributed by atoms with van der Waals surface area (Å²) in [7, 11) is 0. The van der Waals surface area contributed by atoms with Crippen LogP contribution >= 0.6 is 0 Å². The maximum absolute atomic E-state index is 12.8. The second-order valence-corrected chi connectivity index (χ2v) is 6.84. The first-order valence-electron chi connectivity index (χ1n) is 8.78. The van der Waals surface area contributed by atoms with E-state index in [4.69, 9.17) is 5.26 Å². The topological polar surface area (TPSA) is 84.7 Å². The van der Waals surface area contributed by atoms with Crippen molar-refractivity contribution in [1.29, 1.82) is 5.26 Å². The van der Waals surface area contributed by atoms with Crippen LogP contribution in [0.1, 0.15) is 30.4 Å². The fourth-order valence-corrected chi connectivity index (χ4v) is 3.06. The van der Waals surface area contributed by atoms with Gasteiger partial charge in [-0.2, -0.15) is 5.26 Å². The number of hydrogen-bond donors (Lipinski definition) is 0. The molecule has 0 aromatic heterocycles. The number of anilines is 1. The highest BCUT2D eigenvalue weighted by Gasteiger charge is 2.44. The van der Waals surface area contributed by atoms with Crippen molar-refractivity contribution in [2.45, 2.75) is 39.2 Å². The van der Waals surface area contributed by atoms with Crippen LogP contribution in [0.5, 0.6) is 0 Å². The molecule has 2 aliphatic rings. The van der Waals surface area contributed by atoms with Gasteiger partial charge in [0, 0.05) is 18.3 Å². The zero-order chi connectivity index (χ0) is 18.8. The lowest BCUT2D eigenvalue weighted by Gasteiger charge is -2.25. The summed E-state index contributed by atoms with van der Waals surface area (Å²) in [6.07, 6.45) is 2.00. The van der Waals surface area contributed by atoms with Crippen LogP contribution in [0, 0.1) is 25.2 Å². The second kappa shape index (κ2) is 7.16. The van der Waals surface area contributed by atoms with Crippen molar-refractivity contribution in [3.8, 4) is 6.07 Å². The van der Waals surface area contributed by atoms with Gasteiger partial charge in [0.2, 0.25) is 5.91 Å². The number of amides is 4. The molecule has 0 radical (unpaired) electrons. The van der Waals surface area contributed by atoms with Crippen LogP contribution in [0.3, 0.4) is 0 Å². The van der Waals surface area contributed by atoms with Crippen molar-refractivity contribution in [2.24, 2.45) is 0 Å². The highest BCUT2D eigenvalue weighted by molar-refractivity contribution is 6.07. The first-order valence-corrected chi connectivity index (χ1v) is 8.78.